The van der Waals surface area contributed by atoms with Gasteiger partial charge in [0, 0.05) is 11.8 Å². The average molecular weight is 313 g/mol. The number of benzene rings is 1. The van der Waals surface area contributed by atoms with Crippen LogP contribution in [-0.4, -0.2) is 4.98 Å². The summed E-state index contributed by atoms with van der Waals surface area (Å²) in [6, 6.07) is 7.87. The quantitative estimate of drug-likeness (QED) is 0.645. The molecular formula is C20H21F2N. The van der Waals surface area contributed by atoms with E-state index in [4.69, 9.17) is 0 Å². The topological polar surface area (TPSA) is 12.9 Å². The molecule has 1 saturated carbocycles. The highest BCUT2D eigenvalue weighted by Crippen LogP contribution is 2.36. The third-order valence-electron chi connectivity index (χ3n) is 4.71. The minimum atomic E-state index is -0.837. The Labute approximate surface area is 136 Å². The standard InChI is InChI=1S/C20H21F2N/c1-2-3-14-4-6-15(7-5-14)17-9-11-20(23-13-17)16-8-10-18(21)19(22)12-16/h2-3,8-15H,4-7H2,1H3/t14-,15-. The molecule has 0 N–H and O–H groups in total. The lowest BCUT2D eigenvalue weighted by Gasteiger charge is -2.26. The van der Waals surface area contributed by atoms with Gasteiger partial charge in [0.25, 0.3) is 0 Å². The fraction of sp³-hybridized carbons (Fsp3) is 0.350. The Morgan fingerprint density at radius 3 is 2.39 bits per heavy atom. The lowest BCUT2D eigenvalue weighted by atomic mass is 9.79. The van der Waals surface area contributed by atoms with Gasteiger partial charge in [-0.1, -0.05) is 18.2 Å². The molecule has 0 bridgehead atoms. The molecule has 120 valence electrons. The maximum atomic E-state index is 13.3. The molecule has 3 heteroatoms. The Morgan fingerprint density at radius 2 is 1.78 bits per heavy atom. The maximum absolute atomic E-state index is 13.3. The van der Waals surface area contributed by atoms with Crippen molar-refractivity contribution >= 4 is 0 Å². The van der Waals surface area contributed by atoms with Crippen molar-refractivity contribution in [2.75, 3.05) is 0 Å². The molecule has 0 amide bonds. The molecule has 23 heavy (non-hydrogen) atoms. The number of hydrogen-bond donors (Lipinski definition) is 0. The monoisotopic (exact) mass is 313 g/mol. The van der Waals surface area contributed by atoms with E-state index in [1.165, 1.54) is 37.3 Å². The second kappa shape index (κ2) is 7.03. The number of halogens is 2. The van der Waals surface area contributed by atoms with E-state index in [0.717, 1.165) is 6.07 Å². The first-order valence-corrected chi connectivity index (χ1v) is 8.21. The van der Waals surface area contributed by atoms with Crippen LogP contribution in [0.5, 0.6) is 0 Å². The van der Waals surface area contributed by atoms with Crippen molar-refractivity contribution in [3.63, 3.8) is 0 Å². The number of aromatic nitrogens is 1. The number of allylic oxidation sites excluding steroid dienone is 2. The Morgan fingerprint density at radius 1 is 1.00 bits per heavy atom. The minimum Gasteiger partial charge on any atom is -0.256 e. The third-order valence-corrected chi connectivity index (χ3v) is 4.71. The maximum Gasteiger partial charge on any atom is 0.159 e. The van der Waals surface area contributed by atoms with E-state index in [1.54, 1.807) is 6.07 Å². The van der Waals surface area contributed by atoms with E-state index in [0.29, 0.717) is 23.1 Å². The zero-order valence-electron chi connectivity index (χ0n) is 13.3. The highest BCUT2D eigenvalue weighted by Gasteiger charge is 2.21. The molecule has 0 saturated heterocycles. The SMILES string of the molecule is CC=C[C@H]1CC[C@H](c2ccc(-c3ccc(F)c(F)c3)nc2)CC1. The normalized spacial score (nSPS) is 21.7. The Kier molecular flexibility index (Phi) is 4.85. The van der Waals surface area contributed by atoms with Gasteiger partial charge in [-0.05, 0) is 74.3 Å². The first kappa shape index (κ1) is 15.9. The smallest absolute Gasteiger partial charge is 0.159 e. The van der Waals surface area contributed by atoms with Gasteiger partial charge in [-0.2, -0.15) is 0 Å². The van der Waals surface area contributed by atoms with Crippen LogP contribution in [0.2, 0.25) is 0 Å². The Bertz CT molecular complexity index is 683. The number of rotatable bonds is 3. The van der Waals surface area contributed by atoms with E-state index in [1.807, 2.05) is 12.3 Å². The van der Waals surface area contributed by atoms with Crippen molar-refractivity contribution in [1.82, 2.24) is 4.98 Å². The van der Waals surface area contributed by atoms with Crippen molar-refractivity contribution in [2.24, 2.45) is 5.92 Å². The molecule has 0 aliphatic heterocycles. The van der Waals surface area contributed by atoms with Crippen LogP contribution in [0.1, 0.15) is 44.1 Å². The molecule has 1 aromatic heterocycles. The van der Waals surface area contributed by atoms with Gasteiger partial charge in [0.2, 0.25) is 0 Å². The molecular weight excluding hydrogens is 292 g/mol. The van der Waals surface area contributed by atoms with Gasteiger partial charge < -0.3 is 0 Å². The number of nitrogens with zero attached hydrogens (tertiary/aromatic N) is 1. The van der Waals surface area contributed by atoms with E-state index in [-0.39, 0.29) is 0 Å². The van der Waals surface area contributed by atoms with Crippen molar-refractivity contribution in [3.8, 4) is 11.3 Å². The van der Waals surface area contributed by atoms with Gasteiger partial charge in [0.05, 0.1) is 5.69 Å². The highest BCUT2D eigenvalue weighted by atomic mass is 19.2. The van der Waals surface area contributed by atoms with E-state index >= 15 is 0 Å². The van der Waals surface area contributed by atoms with Gasteiger partial charge in [-0.25, -0.2) is 8.78 Å². The molecule has 1 fully saturated rings. The van der Waals surface area contributed by atoms with E-state index < -0.39 is 11.6 Å². The summed E-state index contributed by atoms with van der Waals surface area (Å²) in [5.41, 5.74) is 2.53. The number of hydrogen-bond acceptors (Lipinski definition) is 1. The lowest BCUT2D eigenvalue weighted by molar-refractivity contribution is 0.375. The summed E-state index contributed by atoms with van der Waals surface area (Å²) >= 11 is 0. The second-order valence-electron chi connectivity index (χ2n) is 6.24. The van der Waals surface area contributed by atoms with Crippen LogP contribution in [-0.2, 0) is 0 Å². The third kappa shape index (κ3) is 3.66. The van der Waals surface area contributed by atoms with Crippen LogP contribution >= 0.6 is 0 Å². The highest BCUT2D eigenvalue weighted by molar-refractivity contribution is 5.59. The van der Waals surface area contributed by atoms with Crippen molar-refractivity contribution in [3.05, 3.63) is 65.9 Å². The van der Waals surface area contributed by atoms with Crippen LogP contribution in [0.25, 0.3) is 11.3 Å². The largest absolute Gasteiger partial charge is 0.256 e. The molecule has 3 rings (SSSR count). The summed E-state index contributed by atoms with van der Waals surface area (Å²) in [5.74, 6) is -0.396. The summed E-state index contributed by atoms with van der Waals surface area (Å²) in [4.78, 5) is 4.45. The Balaban J connectivity index is 1.71. The first-order chi connectivity index (χ1) is 11.2. The van der Waals surface area contributed by atoms with Crippen LogP contribution in [0.4, 0.5) is 8.78 Å². The van der Waals surface area contributed by atoms with Crippen molar-refractivity contribution < 1.29 is 8.78 Å². The summed E-state index contributed by atoms with van der Waals surface area (Å²) < 4.78 is 26.3. The predicted octanol–water partition coefficient (Wildman–Crippen LogP) is 5.88. The van der Waals surface area contributed by atoms with E-state index in [2.05, 4.69) is 30.1 Å². The average Bonchev–Trinajstić information content (AvgIpc) is 2.59. The molecule has 0 unspecified atom stereocenters. The lowest BCUT2D eigenvalue weighted by Crippen LogP contribution is -2.11. The Hall–Kier alpha value is -2.03. The molecule has 0 atom stereocenters. The molecule has 0 spiro atoms. The van der Waals surface area contributed by atoms with E-state index in [9.17, 15) is 8.78 Å². The zero-order chi connectivity index (χ0) is 16.2. The van der Waals surface area contributed by atoms with Gasteiger partial charge in [0.1, 0.15) is 0 Å². The van der Waals surface area contributed by atoms with Gasteiger partial charge in [0.15, 0.2) is 11.6 Å². The first-order valence-electron chi connectivity index (χ1n) is 8.21. The molecule has 1 aliphatic carbocycles. The van der Waals surface area contributed by atoms with Gasteiger partial charge >= 0.3 is 0 Å². The van der Waals surface area contributed by atoms with Crippen molar-refractivity contribution in [2.45, 2.75) is 38.5 Å². The van der Waals surface area contributed by atoms with Crippen LogP contribution < -0.4 is 0 Å². The fourth-order valence-electron chi connectivity index (χ4n) is 3.39. The molecule has 1 heterocycles. The summed E-state index contributed by atoms with van der Waals surface area (Å²) in [5, 5.41) is 0. The van der Waals surface area contributed by atoms with Gasteiger partial charge in [-0.15, -0.1) is 0 Å². The summed E-state index contributed by atoms with van der Waals surface area (Å²) in [7, 11) is 0. The minimum absolute atomic E-state index is 0.558. The fourth-order valence-corrected chi connectivity index (χ4v) is 3.39. The molecule has 1 nitrogen and oxygen atoms in total. The van der Waals surface area contributed by atoms with Crippen molar-refractivity contribution in [1.29, 1.82) is 0 Å². The number of pyridine rings is 1. The molecule has 1 aliphatic rings. The van der Waals surface area contributed by atoms with Crippen LogP contribution in [0.15, 0.2) is 48.7 Å². The second-order valence-corrected chi connectivity index (χ2v) is 6.24. The summed E-state index contributed by atoms with van der Waals surface area (Å²) in [6.45, 7) is 2.08. The molecule has 1 aromatic carbocycles. The predicted molar refractivity (Wildman–Crippen MR) is 89.1 cm³/mol. The zero-order valence-corrected chi connectivity index (χ0v) is 13.3. The van der Waals surface area contributed by atoms with Gasteiger partial charge in [-0.3, -0.25) is 4.98 Å². The molecule has 2 aromatic rings. The van der Waals surface area contributed by atoms with Crippen LogP contribution in [0.3, 0.4) is 0 Å². The molecule has 0 radical (unpaired) electrons. The summed E-state index contributed by atoms with van der Waals surface area (Å²) in [6.07, 6.45) is 11.1. The van der Waals surface area contributed by atoms with Crippen LogP contribution in [0, 0.1) is 17.6 Å².